The van der Waals surface area contributed by atoms with Crippen molar-refractivity contribution in [1.29, 1.82) is 0 Å². The number of quaternary nitrogens is 1. The van der Waals surface area contributed by atoms with E-state index in [4.69, 9.17) is 4.74 Å². The number of fused-ring (bicyclic) bond motifs is 1. The molecule has 0 aromatic heterocycles. The Balaban J connectivity index is 2.33. The van der Waals surface area contributed by atoms with E-state index in [9.17, 15) is 19.8 Å². The zero-order valence-corrected chi connectivity index (χ0v) is 12.6. The van der Waals surface area contributed by atoms with Crippen molar-refractivity contribution in [3.8, 4) is 0 Å². The molecule has 0 radical (unpaired) electrons. The Morgan fingerprint density at radius 2 is 2.19 bits per heavy atom. The number of allylic oxidation sites excluding steroid dienone is 1. The first kappa shape index (κ1) is 15.8. The highest BCUT2D eigenvalue weighted by Gasteiger charge is 2.59. The SMILES string of the molecule is C[C@@H](O)[C@@H]1C(=O)N2C(C(=O)[O-])=C(C(C)(C)CCC[NH3+])O[C@H]12. The minimum Gasteiger partial charge on any atom is -0.543 e. The van der Waals surface area contributed by atoms with Crippen molar-refractivity contribution in [1.82, 2.24) is 4.90 Å². The number of hydrogen-bond donors (Lipinski definition) is 2. The number of hydrogen-bond acceptors (Lipinski definition) is 5. The number of aliphatic hydroxyl groups is 1. The van der Waals surface area contributed by atoms with E-state index in [0.29, 0.717) is 6.42 Å². The molecule has 1 amide bonds. The van der Waals surface area contributed by atoms with E-state index >= 15 is 0 Å². The Morgan fingerprint density at radius 3 is 2.67 bits per heavy atom. The summed E-state index contributed by atoms with van der Waals surface area (Å²) in [5.41, 5.74) is 3.04. The average molecular weight is 298 g/mol. The Labute approximate surface area is 123 Å². The number of β-lactam (4-membered cyclic amide) rings is 1. The van der Waals surface area contributed by atoms with Crippen LogP contribution in [-0.2, 0) is 14.3 Å². The van der Waals surface area contributed by atoms with Gasteiger partial charge in [-0.25, -0.2) is 0 Å². The normalized spacial score (nSPS) is 26.3. The summed E-state index contributed by atoms with van der Waals surface area (Å²) in [6, 6.07) is 0. The van der Waals surface area contributed by atoms with Crippen molar-refractivity contribution in [2.75, 3.05) is 6.54 Å². The van der Waals surface area contributed by atoms with E-state index in [2.05, 4.69) is 5.73 Å². The largest absolute Gasteiger partial charge is 0.543 e. The highest BCUT2D eigenvalue weighted by molar-refractivity contribution is 5.98. The molecule has 4 N–H and O–H groups in total. The third-order valence-corrected chi connectivity index (χ3v) is 4.16. The van der Waals surface area contributed by atoms with E-state index in [1.165, 1.54) is 6.92 Å². The fourth-order valence-electron chi connectivity index (χ4n) is 2.93. The van der Waals surface area contributed by atoms with E-state index in [0.717, 1.165) is 17.9 Å². The Bertz CT molecular complexity index is 498. The first-order valence-electron chi connectivity index (χ1n) is 7.15. The minimum atomic E-state index is -1.42. The van der Waals surface area contributed by atoms with Gasteiger partial charge in [-0.2, -0.15) is 0 Å². The molecule has 0 saturated carbocycles. The van der Waals surface area contributed by atoms with Crippen LogP contribution in [0.2, 0.25) is 0 Å². The van der Waals surface area contributed by atoms with Crippen molar-refractivity contribution in [2.45, 2.75) is 45.9 Å². The van der Waals surface area contributed by atoms with Crippen LogP contribution in [-0.4, -0.2) is 40.8 Å². The molecule has 0 spiro atoms. The second kappa shape index (κ2) is 5.31. The zero-order chi connectivity index (χ0) is 15.9. The lowest BCUT2D eigenvalue weighted by Crippen LogP contribution is -2.63. The molecule has 0 aliphatic carbocycles. The Hall–Kier alpha value is -1.60. The molecule has 7 heteroatoms. The van der Waals surface area contributed by atoms with Gasteiger partial charge in [-0.1, -0.05) is 13.8 Å². The number of aliphatic carboxylic acids is 1. The summed E-state index contributed by atoms with van der Waals surface area (Å²) in [4.78, 5) is 24.6. The molecule has 7 nitrogen and oxygen atoms in total. The fourth-order valence-corrected chi connectivity index (χ4v) is 2.93. The fraction of sp³-hybridized carbons (Fsp3) is 0.714. The number of carboxylic acid groups (broad SMARTS) is 1. The number of aliphatic hydroxyl groups excluding tert-OH is 1. The standard InChI is InChI=1S/C14H22N2O5/c1-7(17)8-11(18)16-9(13(19)20)10(21-12(8)16)14(2,3)5-4-6-15/h7-8,12,17H,4-6,15H2,1-3H3,(H,19,20)/t7-,8-,12-/m1/s1. The topological polar surface area (TPSA) is 118 Å². The minimum absolute atomic E-state index is 0.198. The molecule has 21 heavy (non-hydrogen) atoms. The molecule has 118 valence electrons. The van der Waals surface area contributed by atoms with Crippen molar-refractivity contribution in [3.63, 3.8) is 0 Å². The lowest BCUT2D eigenvalue weighted by atomic mass is 9.84. The van der Waals surface area contributed by atoms with Crippen LogP contribution in [0, 0.1) is 11.3 Å². The van der Waals surface area contributed by atoms with Crippen LogP contribution < -0.4 is 10.8 Å². The van der Waals surface area contributed by atoms with Crippen molar-refractivity contribution < 1.29 is 30.3 Å². The molecular formula is C14H22N2O5. The number of carbonyl (C=O) groups is 2. The molecule has 1 fully saturated rings. The molecule has 2 aliphatic rings. The van der Waals surface area contributed by atoms with Gasteiger partial charge in [-0.3, -0.25) is 9.69 Å². The molecule has 0 bridgehead atoms. The molecule has 0 unspecified atom stereocenters. The summed E-state index contributed by atoms with van der Waals surface area (Å²) >= 11 is 0. The van der Waals surface area contributed by atoms with Gasteiger partial charge in [0.1, 0.15) is 17.4 Å². The predicted molar refractivity (Wildman–Crippen MR) is 69.7 cm³/mol. The van der Waals surface area contributed by atoms with Gasteiger partial charge < -0.3 is 25.5 Å². The van der Waals surface area contributed by atoms with Gasteiger partial charge in [0.25, 0.3) is 0 Å². The quantitative estimate of drug-likeness (QED) is 0.561. The maximum absolute atomic E-state index is 12.0. The second-order valence-corrected chi connectivity index (χ2v) is 6.29. The first-order valence-corrected chi connectivity index (χ1v) is 7.15. The summed E-state index contributed by atoms with van der Waals surface area (Å²) in [5.74, 6) is -2.32. The van der Waals surface area contributed by atoms with Gasteiger partial charge in [-0.05, 0) is 19.8 Å². The second-order valence-electron chi connectivity index (χ2n) is 6.29. The lowest BCUT2D eigenvalue weighted by Gasteiger charge is -2.43. The van der Waals surface area contributed by atoms with Crippen molar-refractivity contribution >= 4 is 11.9 Å². The van der Waals surface area contributed by atoms with Crippen LogP contribution in [0.3, 0.4) is 0 Å². The molecule has 2 aliphatic heterocycles. The van der Waals surface area contributed by atoms with Gasteiger partial charge in [0.05, 0.1) is 18.6 Å². The van der Waals surface area contributed by atoms with Crippen LogP contribution >= 0.6 is 0 Å². The number of ether oxygens (including phenoxy) is 1. The summed E-state index contributed by atoms with van der Waals surface area (Å²) < 4.78 is 5.72. The summed E-state index contributed by atoms with van der Waals surface area (Å²) in [5, 5.41) is 21.1. The number of carbonyl (C=O) groups excluding carboxylic acids is 2. The number of amides is 1. The van der Waals surface area contributed by atoms with E-state index in [-0.39, 0.29) is 11.5 Å². The molecule has 0 aromatic carbocycles. The molecule has 2 rings (SSSR count). The summed E-state index contributed by atoms with van der Waals surface area (Å²) in [6.07, 6.45) is -0.113. The molecule has 3 atom stereocenters. The number of carboxylic acids is 1. The number of rotatable bonds is 6. The summed E-state index contributed by atoms with van der Waals surface area (Å²) in [6.45, 7) is 5.97. The molecule has 1 saturated heterocycles. The van der Waals surface area contributed by atoms with Crippen molar-refractivity contribution in [2.24, 2.45) is 11.3 Å². The van der Waals surface area contributed by atoms with E-state index in [1.54, 1.807) is 0 Å². The first-order chi connectivity index (χ1) is 9.72. The molecular weight excluding hydrogens is 276 g/mol. The third-order valence-electron chi connectivity index (χ3n) is 4.16. The van der Waals surface area contributed by atoms with Crippen LogP contribution in [0.15, 0.2) is 11.5 Å². The van der Waals surface area contributed by atoms with Crippen LogP contribution in [0.1, 0.15) is 33.6 Å². The smallest absolute Gasteiger partial charge is 0.241 e. The van der Waals surface area contributed by atoms with Gasteiger partial charge in [0.2, 0.25) is 5.91 Å². The monoisotopic (exact) mass is 298 g/mol. The zero-order valence-electron chi connectivity index (χ0n) is 12.6. The third kappa shape index (κ3) is 2.40. The van der Waals surface area contributed by atoms with Gasteiger partial charge in [0.15, 0.2) is 6.23 Å². The van der Waals surface area contributed by atoms with Crippen LogP contribution in [0.5, 0.6) is 0 Å². The van der Waals surface area contributed by atoms with Gasteiger partial charge in [-0.15, -0.1) is 0 Å². The van der Waals surface area contributed by atoms with Crippen LogP contribution in [0.4, 0.5) is 0 Å². The number of nitrogens with zero attached hydrogens (tertiary/aromatic N) is 1. The maximum atomic E-state index is 12.0. The highest BCUT2D eigenvalue weighted by Crippen LogP contribution is 2.47. The maximum Gasteiger partial charge on any atom is 0.241 e. The Kier molecular flexibility index (Phi) is 3.99. The van der Waals surface area contributed by atoms with Gasteiger partial charge in [0, 0.05) is 5.41 Å². The highest BCUT2D eigenvalue weighted by atomic mass is 16.5. The van der Waals surface area contributed by atoms with E-state index < -0.39 is 35.5 Å². The average Bonchev–Trinajstić information content (AvgIpc) is 2.71. The Morgan fingerprint density at radius 1 is 1.57 bits per heavy atom. The lowest BCUT2D eigenvalue weighted by molar-refractivity contribution is -0.369. The van der Waals surface area contributed by atoms with Crippen LogP contribution in [0.25, 0.3) is 0 Å². The molecule has 2 heterocycles. The van der Waals surface area contributed by atoms with E-state index in [1.807, 2.05) is 13.8 Å². The van der Waals surface area contributed by atoms with Crippen molar-refractivity contribution in [3.05, 3.63) is 11.5 Å². The van der Waals surface area contributed by atoms with Gasteiger partial charge >= 0.3 is 0 Å². The molecule has 0 aromatic rings. The summed E-state index contributed by atoms with van der Waals surface area (Å²) in [7, 11) is 0. The predicted octanol–water partition coefficient (Wildman–Crippen LogP) is -1.81.